The summed E-state index contributed by atoms with van der Waals surface area (Å²) in [5.74, 6) is -7.60. The van der Waals surface area contributed by atoms with Gasteiger partial charge >= 0.3 is 17.9 Å². The number of unbranched alkanes of at least 4 members (excludes halogenated alkanes) is 15. The molecule has 0 aromatic heterocycles. The summed E-state index contributed by atoms with van der Waals surface area (Å²) >= 11 is 0. The number of phenolic OH excluding ortho intramolecular Hbond substituents is 2. The molecular weight excluding hydrogens is 1480 g/mol. The number of aromatic hydroxyl groups is 3. The molecule has 0 heterocycles. The number of hydrogen-bond donors (Lipinski definition) is 22. The maximum atomic E-state index is 11.8. The monoisotopic (exact) mass is 1590 g/mol. The number of nitrogens with one attached hydrogen (secondary N) is 10. The standard InChI is InChI=1S/C16H20N2O7.C15H20N2O6.C14H20N2O5.2C14H20N2O3.C2H4O2.CH4O/c19-13(5-3-1-2-4-6-14(20)18-25)17-10-7-8-11(15(21)22)12(9-10)16(23)24;18-12-9-10(7-8-11(12)15(21)22)16-13(19)5-3-1-2-4-6-14(20)17-23;17-11-8-7-10(9-12(11)18)15-13(19)5-3-1-2-4-6-14(20)16-21;2*17-13(15-12-8-4-3-5-9-12)10-6-1-2-7-11-14(18)16-19;1-4-2-3;1-2/h7-9,25H,1-6H2,(H,17,19)(H,18,20)(H,21,22)(H,23,24);7-9,18,23H,1-6H2,(H,16,19)(H,17,20)(H,21,22);7-9,17-18,21H,1-6H2,(H,15,19)(H,16,20);2*3-5,8-9,19H,1-2,6-7,10-11H2,(H,15,17)(H,16,18);2H,1H3;2H,1H3. The van der Waals surface area contributed by atoms with Crippen molar-refractivity contribution in [3.63, 3.8) is 0 Å². The van der Waals surface area contributed by atoms with Gasteiger partial charge in [0.15, 0.2) is 11.5 Å². The molecular formula is C76H108N10O27. The van der Waals surface area contributed by atoms with Gasteiger partial charge in [0.05, 0.1) is 18.2 Å². The van der Waals surface area contributed by atoms with E-state index in [0.717, 1.165) is 121 Å². The molecule has 5 aromatic carbocycles. The third-order valence-corrected chi connectivity index (χ3v) is 15.2. The van der Waals surface area contributed by atoms with Crippen molar-refractivity contribution in [2.24, 2.45) is 0 Å². The Morgan fingerprint density at radius 3 is 0.726 bits per heavy atom. The normalized spacial score (nSPS) is 9.77. The number of hydroxylamine groups is 5. The predicted molar refractivity (Wildman–Crippen MR) is 411 cm³/mol. The van der Waals surface area contributed by atoms with E-state index in [1.165, 1.54) is 49.6 Å². The van der Waals surface area contributed by atoms with Crippen LogP contribution in [-0.4, -0.2) is 159 Å². The van der Waals surface area contributed by atoms with Crippen LogP contribution in [0.15, 0.2) is 115 Å². The van der Waals surface area contributed by atoms with Gasteiger partial charge in [0.1, 0.15) is 11.3 Å². The third-order valence-electron chi connectivity index (χ3n) is 15.2. The molecule has 0 aliphatic carbocycles. The molecule has 0 bridgehead atoms. The van der Waals surface area contributed by atoms with Crippen LogP contribution in [0.25, 0.3) is 0 Å². The van der Waals surface area contributed by atoms with E-state index in [1.807, 2.05) is 60.7 Å². The van der Waals surface area contributed by atoms with E-state index in [-0.39, 0.29) is 102 Å². The van der Waals surface area contributed by atoms with E-state index in [2.05, 4.69) is 31.3 Å². The second-order valence-corrected chi connectivity index (χ2v) is 24.2. The number of benzene rings is 5. The van der Waals surface area contributed by atoms with Crippen LogP contribution in [0, 0.1) is 0 Å². The molecule has 0 aliphatic rings. The summed E-state index contributed by atoms with van der Waals surface area (Å²) in [6.07, 6.45) is 18.3. The Balaban J connectivity index is 0. The highest BCUT2D eigenvalue weighted by molar-refractivity contribution is 6.03. The molecule has 113 heavy (non-hydrogen) atoms. The van der Waals surface area contributed by atoms with Gasteiger partial charge in [-0.3, -0.25) is 78.8 Å². The summed E-state index contributed by atoms with van der Waals surface area (Å²) in [4.78, 5) is 154. The van der Waals surface area contributed by atoms with Gasteiger partial charge in [-0.25, -0.2) is 41.8 Å². The van der Waals surface area contributed by atoms with Gasteiger partial charge in [-0.05, 0) is 131 Å². The third kappa shape index (κ3) is 55.8. The first-order valence-electron chi connectivity index (χ1n) is 36.0. The number of carboxylic acids is 3. The fourth-order valence-electron chi connectivity index (χ4n) is 9.44. The largest absolute Gasteiger partial charge is 0.507 e. The molecule has 5 aromatic rings. The van der Waals surface area contributed by atoms with Crippen LogP contribution in [0.4, 0.5) is 28.4 Å². The maximum absolute atomic E-state index is 11.8. The van der Waals surface area contributed by atoms with E-state index < -0.39 is 46.9 Å². The molecule has 0 fully saturated rings. The van der Waals surface area contributed by atoms with E-state index in [4.69, 9.17) is 56.4 Å². The Morgan fingerprint density at radius 1 is 0.274 bits per heavy atom. The van der Waals surface area contributed by atoms with E-state index in [9.17, 15) is 72.5 Å². The molecule has 37 heteroatoms. The minimum absolute atomic E-state index is 0.0132. The smallest absolute Gasteiger partial charge is 0.339 e. The number of aliphatic hydroxyl groups excluding tert-OH is 1. The van der Waals surface area contributed by atoms with Crippen LogP contribution < -0.4 is 54.0 Å². The first-order valence-corrected chi connectivity index (χ1v) is 36.0. The second-order valence-electron chi connectivity index (χ2n) is 24.2. The Morgan fingerprint density at radius 2 is 0.496 bits per heavy atom. The van der Waals surface area contributed by atoms with Gasteiger partial charge in [0.25, 0.3) is 6.47 Å². The van der Waals surface area contributed by atoms with Gasteiger partial charge < -0.3 is 67.1 Å². The molecule has 0 spiro atoms. The van der Waals surface area contributed by atoms with Crippen molar-refractivity contribution in [1.82, 2.24) is 27.4 Å². The highest BCUT2D eigenvalue weighted by Crippen LogP contribution is 2.28. The minimum atomic E-state index is -1.39. The summed E-state index contributed by atoms with van der Waals surface area (Å²) in [7, 11) is 2.31. The SMILES string of the molecule is CO.COC=O.O=C(CCCCCCC(=O)Nc1ccc(C(=O)O)c(C(=O)O)c1)NO.O=C(CCCCCCC(=O)Nc1ccc(C(=O)O)c(O)c1)NO.O=C(CCCCCCC(=O)Nc1ccc(O)c(O)c1)NO.O=C(CCCCCCC(=O)Nc1ccccc1)NO.O=C(CCCCCCC(=O)Nc1ccccc1)NO. The average Bonchev–Trinajstić information content (AvgIpc) is 0.843. The van der Waals surface area contributed by atoms with Crippen molar-refractivity contribution >= 4 is 112 Å². The van der Waals surface area contributed by atoms with Crippen molar-refractivity contribution in [3.05, 3.63) is 132 Å². The fraction of sp³-hybridized carbons (Fsp3) is 0.421. The molecule has 0 unspecified atom stereocenters. The highest BCUT2D eigenvalue weighted by atomic mass is 16.5. The maximum Gasteiger partial charge on any atom is 0.339 e. The van der Waals surface area contributed by atoms with Crippen molar-refractivity contribution in [2.45, 2.75) is 193 Å². The first-order chi connectivity index (χ1) is 54.2. The van der Waals surface area contributed by atoms with Crippen LogP contribution >= 0.6 is 0 Å². The molecule has 5 rings (SSSR count). The van der Waals surface area contributed by atoms with Crippen molar-refractivity contribution < 1.29 is 134 Å². The number of carbonyl (C=O) groups excluding carboxylic acids is 11. The molecule has 0 saturated carbocycles. The van der Waals surface area contributed by atoms with Gasteiger partial charge in [-0.15, -0.1) is 0 Å². The lowest BCUT2D eigenvalue weighted by atomic mass is 10.1. The summed E-state index contributed by atoms with van der Waals surface area (Å²) in [5.41, 5.74) is 9.49. The summed E-state index contributed by atoms with van der Waals surface area (Å²) in [6, 6.07) is 30.2. The predicted octanol–water partition coefficient (Wildman–Crippen LogP) is 9.96. The molecule has 0 atom stereocenters. The number of methoxy groups -OCH3 is 1. The average molecular weight is 1590 g/mol. The lowest BCUT2D eigenvalue weighted by Gasteiger charge is -2.08. The van der Waals surface area contributed by atoms with Gasteiger partial charge in [-0.2, -0.15) is 0 Å². The Labute approximate surface area is 653 Å². The molecule has 624 valence electrons. The minimum Gasteiger partial charge on any atom is -0.507 e. The first kappa shape index (κ1) is 103. The van der Waals surface area contributed by atoms with E-state index >= 15 is 0 Å². The number of phenols is 3. The number of carboxylic acid groups (broad SMARTS) is 3. The topological polar surface area (TPSA) is 611 Å². The molecule has 10 amide bonds. The molecule has 37 nitrogen and oxygen atoms in total. The number of hydrogen-bond acceptors (Lipinski definition) is 24. The lowest BCUT2D eigenvalue weighted by Crippen LogP contribution is -2.17. The number of aromatic carboxylic acids is 3. The number of para-hydroxylation sites is 2. The Hall–Kier alpha value is -12.2. The highest BCUT2D eigenvalue weighted by Gasteiger charge is 2.18. The van der Waals surface area contributed by atoms with Crippen molar-refractivity contribution in [1.29, 1.82) is 0 Å². The molecule has 0 saturated heterocycles. The van der Waals surface area contributed by atoms with Crippen LogP contribution in [0.3, 0.4) is 0 Å². The number of aliphatic hydroxyl groups is 1. The number of amides is 10. The lowest BCUT2D eigenvalue weighted by molar-refractivity contribution is -0.130. The number of ether oxygens (including phenoxy) is 1. The zero-order valence-electron chi connectivity index (χ0n) is 63.3. The number of rotatable bonds is 44. The molecule has 22 N–H and O–H groups in total. The zero-order valence-corrected chi connectivity index (χ0v) is 63.3. The Kier molecular flexibility index (Phi) is 60.8. The summed E-state index contributed by atoms with van der Waals surface area (Å²) < 4.78 is 3.86. The van der Waals surface area contributed by atoms with E-state index in [0.29, 0.717) is 88.5 Å². The second kappa shape index (κ2) is 66.8. The van der Waals surface area contributed by atoms with Crippen molar-refractivity contribution in [3.8, 4) is 17.2 Å². The number of anilines is 5. The van der Waals surface area contributed by atoms with Crippen LogP contribution in [-0.2, 0) is 57.5 Å². The van der Waals surface area contributed by atoms with Crippen LogP contribution in [0.5, 0.6) is 17.2 Å². The van der Waals surface area contributed by atoms with Gasteiger partial charge in [0.2, 0.25) is 59.1 Å². The van der Waals surface area contributed by atoms with Gasteiger partial charge in [-0.1, -0.05) is 101 Å². The molecule has 0 aliphatic heterocycles. The fourth-order valence-corrected chi connectivity index (χ4v) is 9.44. The van der Waals surface area contributed by atoms with E-state index in [1.54, 1.807) is 27.4 Å². The van der Waals surface area contributed by atoms with Crippen molar-refractivity contribution in [2.75, 3.05) is 40.8 Å². The Bertz CT molecular complexity index is 3570. The van der Waals surface area contributed by atoms with Crippen LogP contribution in [0.1, 0.15) is 224 Å². The summed E-state index contributed by atoms with van der Waals surface area (Å²) in [5, 5.41) is 117. The zero-order chi connectivity index (χ0) is 85.0. The quantitative estimate of drug-likeness (QED) is 0.00430. The number of carbonyl (C=O) groups is 14. The molecule has 0 radical (unpaired) electrons. The van der Waals surface area contributed by atoms with Gasteiger partial charge in [0, 0.05) is 112 Å². The summed E-state index contributed by atoms with van der Waals surface area (Å²) in [6.45, 7) is 0.375. The van der Waals surface area contributed by atoms with Crippen LogP contribution in [0.2, 0.25) is 0 Å².